The standard InChI is InChI=1S/C17H17N5O/c1-21(13-5-6-13)16-17-20-10-14(22(17)8-7-19-16)11-3-2-4-12(9-11)15(18)23/h2-4,7-10,13H,5-6H2,1H3,(H2,18,23). The van der Waals surface area contributed by atoms with Crippen molar-refractivity contribution in [3.8, 4) is 11.3 Å². The Labute approximate surface area is 133 Å². The minimum Gasteiger partial charge on any atom is -0.366 e. The highest BCUT2D eigenvalue weighted by Crippen LogP contribution is 2.32. The molecule has 0 saturated heterocycles. The Hall–Kier alpha value is -2.89. The number of fused-ring (bicyclic) bond motifs is 1. The molecule has 4 rings (SSSR count). The second kappa shape index (κ2) is 5.08. The summed E-state index contributed by atoms with van der Waals surface area (Å²) in [6.07, 6.45) is 7.88. The van der Waals surface area contributed by atoms with Crippen LogP contribution in [0.5, 0.6) is 0 Å². The maximum atomic E-state index is 11.4. The fraction of sp³-hybridized carbons (Fsp3) is 0.235. The SMILES string of the molecule is CN(c1nccn2c(-c3cccc(C(N)=O)c3)cnc12)C1CC1. The van der Waals surface area contributed by atoms with E-state index in [0.29, 0.717) is 11.6 Å². The van der Waals surface area contributed by atoms with Crippen LogP contribution in [0.3, 0.4) is 0 Å². The Morgan fingerprint density at radius 1 is 1.35 bits per heavy atom. The van der Waals surface area contributed by atoms with Gasteiger partial charge in [-0.25, -0.2) is 9.97 Å². The van der Waals surface area contributed by atoms with E-state index < -0.39 is 5.91 Å². The van der Waals surface area contributed by atoms with Crippen molar-refractivity contribution >= 4 is 17.4 Å². The quantitative estimate of drug-likeness (QED) is 0.800. The maximum absolute atomic E-state index is 11.4. The molecule has 6 nitrogen and oxygen atoms in total. The minimum atomic E-state index is -0.434. The lowest BCUT2D eigenvalue weighted by molar-refractivity contribution is 0.100. The monoisotopic (exact) mass is 307 g/mol. The molecule has 0 aliphatic heterocycles. The van der Waals surface area contributed by atoms with E-state index in [-0.39, 0.29) is 0 Å². The molecule has 1 aromatic carbocycles. The van der Waals surface area contributed by atoms with Crippen LogP contribution in [-0.2, 0) is 0 Å². The molecular formula is C17H17N5O. The number of hydrogen-bond donors (Lipinski definition) is 1. The van der Waals surface area contributed by atoms with E-state index in [1.165, 1.54) is 12.8 Å². The third-order valence-corrected chi connectivity index (χ3v) is 4.28. The molecule has 3 aromatic rings. The average Bonchev–Trinajstić information content (AvgIpc) is 3.33. The molecule has 116 valence electrons. The number of imidazole rings is 1. The van der Waals surface area contributed by atoms with E-state index in [9.17, 15) is 4.79 Å². The van der Waals surface area contributed by atoms with Gasteiger partial charge in [0.1, 0.15) is 0 Å². The molecule has 2 N–H and O–H groups in total. The van der Waals surface area contributed by atoms with Gasteiger partial charge in [-0.3, -0.25) is 9.20 Å². The van der Waals surface area contributed by atoms with Crippen molar-refractivity contribution in [3.63, 3.8) is 0 Å². The van der Waals surface area contributed by atoms with Crippen LogP contribution in [-0.4, -0.2) is 33.4 Å². The Kier molecular flexibility index (Phi) is 3.04. The molecule has 0 spiro atoms. The molecule has 0 radical (unpaired) electrons. The molecule has 2 aromatic heterocycles. The zero-order chi connectivity index (χ0) is 16.0. The highest BCUT2D eigenvalue weighted by molar-refractivity contribution is 5.94. The van der Waals surface area contributed by atoms with E-state index in [2.05, 4.69) is 21.9 Å². The van der Waals surface area contributed by atoms with Gasteiger partial charge in [-0.2, -0.15) is 0 Å². The van der Waals surface area contributed by atoms with E-state index in [0.717, 1.165) is 22.7 Å². The second-order valence-electron chi connectivity index (χ2n) is 5.88. The third-order valence-electron chi connectivity index (χ3n) is 4.28. The number of primary amides is 1. The molecule has 2 heterocycles. The van der Waals surface area contributed by atoms with Gasteiger partial charge in [0, 0.05) is 36.6 Å². The normalized spacial score (nSPS) is 14.1. The molecule has 0 atom stereocenters. The van der Waals surface area contributed by atoms with E-state index >= 15 is 0 Å². The Morgan fingerprint density at radius 3 is 2.91 bits per heavy atom. The average molecular weight is 307 g/mol. The summed E-state index contributed by atoms with van der Waals surface area (Å²) in [6, 6.07) is 7.83. The third kappa shape index (κ3) is 2.32. The Bertz CT molecular complexity index is 897. The number of nitrogens with two attached hydrogens (primary N) is 1. The summed E-state index contributed by atoms with van der Waals surface area (Å²) in [5.74, 6) is 0.448. The zero-order valence-corrected chi connectivity index (χ0v) is 12.8. The van der Waals surface area contributed by atoms with Crippen molar-refractivity contribution in [3.05, 3.63) is 48.4 Å². The van der Waals surface area contributed by atoms with Gasteiger partial charge in [0.05, 0.1) is 11.9 Å². The van der Waals surface area contributed by atoms with Gasteiger partial charge >= 0.3 is 0 Å². The summed E-state index contributed by atoms with van der Waals surface area (Å²) in [5, 5.41) is 0. The molecule has 1 saturated carbocycles. The highest BCUT2D eigenvalue weighted by Gasteiger charge is 2.28. The van der Waals surface area contributed by atoms with E-state index in [4.69, 9.17) is 5.73 Å². The first-order valence-electron chi connectivity index (χ1n) is 7.60. The molecular weight excluding hydrogens is 290 g/mol. The highest BCUT2D eigenvalue weighted by atomic mass is 16.1. The number of hydrogen-bond acceptors (Lipinski definition) is 4. The first-order valence-corrected chi connectivity index (χ1v) is 7.60. The number of benzene rings is 1. The lowest BCUT2D eigenvalue weighted by atomic mass is 10.1. The van der Waals surface area contributed by atoms with Gasteiger partial charge < -0.3 is 10.6 Å². The maximum Gasteiger partial charge on any atom is 0.248 e. The van der Waals surface area contributed by atoms with E-state index in [1.807, 2.05) is 22.7 Å². The molecule has 1 aliphatic carbocycles. The van der Waals surface area contributed by atoms with Crippen LogP contribution < -0.4 is 10.6 Å². The number of carbonyl (C=O) groups excluding carboxylic acids is 1. The van der Waals surface area contributed by atoms with Crippen LogP contribution in [0, 0.1) is 0 Å². The summed E-state index contributed by atoms with van der Waals surface area (Å²) < 4.78 is 2.00. The van der Waals surface area contributed by atoms with Crippen molar-refractivity contribution < 1.29 is 4.79 Å². The first kappa shape index (κ1) is 13.8. The number of amides is 1. The van der Waals surface area contributed by atoms with Gasteiger partial charge in [-0.15, -0.1) is 0 Å². The molecule has 0 unspecified atom stereocenters. The van der Waals surface area contributed by atoms with Crippen LogP contribution in [0.4, 0.5) is 5.82 Å². The van der Waals surface area contributed by atoms with Crippen LogP contribution in [0.1, 0.15) is 23.2 Å². The topological polar surface area (TPSA) is 76.5 Å². The number of nitrogens with zero attached hydrogens (tertiary/aromatic N) is 4. The van der Waals surface area contributed by atoms with Gasteiger partial charge in [0.2, 0.25) is 5.91 Å². The van der Waals surface area contributed by atoms with Gasteiger partial charge in [-0.05, 0) is 25.0 Å². The summed E-state index contributed by atoms with van der Waals surface area (Å²) in [6.45, 7) is 0. The van der Waals surface area contributed by atoms with Crippen molar-refractivity contribution in [1.29, 1.82) is 0 Å². The van der Waals surface area contributed by atoms with Gasteiger partial charge in [-0.1, -0.05) is 12.1 Å². The summed E-state index contributed by atoms with van der Waals surface area (Å²) >= 11 is 0. The van der Waals surface area contributed by atoms with Crippen LogP contribution in [0.2, 0.25) is 0 Å². The number of carbonyl (C=O) groups is 1. The Balaban J connectivity index is 1.84. The molecule has 23 heavy (non-hydrogen) atoms. The smallest absolute Gasteiger partial charge is 0.248 e. The van der Waals surface area contributed by atoms with Crippen molar-refractivity contribution in [2.24, 2.45) is 5.73 Å². The molecule has 0 bridgehead atoms. The zero-order valence-electron chi connectivity index (χ0n) is 12.8. The van der Waals surface area contributed by atoms with Crippen LogP contribution >= 0.6 is 0 Å². The van der Waals surface area contributed by atoms with Crippen LogP contribution in [0.25, 0.3) is 16.9 Å². The van der Waals surface area contributed by atoms with Gasteiger partial charge in [0.25, 0.3) is 0 Å². The van der Waals surface area contributed by atoms with Crippen molar-refractivity contribution in [2.45, 2.75) is 18.9 Å². The molecule has 6 heteroatoms. The van der Waals surface area contributed by atoms with Crippen molar-refractivity contribution in [2.75, 3.05) is 11.9 Å². The lowest BCUT2D eigenvalue weighted by Gasteiger charge is -2.17. The van der Waals surface area contributed by atoms with Crippen molar-refractivity contribution in [1.82, 2.24) is 14.4 Å². The lowest BCUT2D eigenvalue weighted by Crippen LogP contribution is -2.21. The predicted molar refractivity (Wildman–Crippen MR) is 88.4 cm³/mol. The fourth-order valence-electron chi connectivity index (χ4n) is 2.83. The molecule has 1 amide bonds. The number of aromatic nitrogens is 3. The predicted octanol–water partition coefficient (Wildman–Crippen LogP) is 2.09. The Morgan fingerprint density at radius 2 is 2.17 bits per heavy atom. The van der Waals surface area contributed by atoms with E-state index in [1.54, 1.807) is 24.5 Å². The summed E-state index contributed by atoms with van der Waals surface area (Å²) in [7, 11) is 2.06. The number of anilines is 1. The number of rotatable bonds is 4. The summed E-state index contributed by atoms with van der Waals surface area (Å²) in [5.41, 5.74) is 8.50. The van der Waals surface area contributed by atoms with Gasteiger partial charge in [0.15, 0.2) is 11.5 Å². The molecule has 1 fully saturated rings. The van der Waals surface area contributed by atoms with Crippen LogP contribution in [0.15, 0.2) is 42.9 Å². The molecule has 1 aliphatic rings. The fourth-order valence-corrected chi connectivity index (χ4v) is 2.83. The first-order chi connectivity index (χ1) is 11.1. The minimum absolute atomic E-state index is 0.434. The largest absolute Gasteiger partial charge is 0.366 e. The second-order valence-corrected chi connectivity index (χ2v) is 5.88. The summed E-state index contributed by atoms with van der Waals surface area (Å²) in [4.78, 5) is 22.6.